The predicted octanol–water partition coefficient (Wildman–Crippen LogP) is 4.16. The summed E-state index contributed by atoms with van der Waals surface area (Å²) in [7, 11) is 0. The zero-order valence-corrected chi connectivity index (χ0v) is 25.1. The first-order valence-electron chi connectivity index (χ1n) is 15.5. The molecule has 3 aromatic rings. The summed E-state index contributed by atoms with van der Waals surface area (Å²) in [5.41, 5.74) is 5.23. The molecule has 6 atom stereocenters. The first-order valence-corrected chi connectivity index (χ1v) is 15.5. The molecule has 3 aromatic carbocycles. The number of hydrogen-bond acceptors (Lipinski definition) is 7. The van der Waals surface area contributed by atoms with Gasteiger partial charge in [0.25, 0.3) is 11.8 Å². The lowest BCUT2D eigenvalue weighted by Crippen LogP contribution is -2.53. The third kappa shape index (κ3) is 4.34. The van der Waals surface area contributed by atoms with E-state index in [1.165, 1.54) is 6.07 Å². The Morgan fingerprint density at radius 3 is 2.35 bits per heavy atom. The van der Waals surface area contributed by atoms with Gasteiger partial charge in [0, 0.05) is 12.5 Å². The number of amides is 4. The number of fused-ring (bicyclic) bond motifs is 4. The molecule has 2 heterocycles. The number of nitrogens with zero attached hydrogens (tertiary/aromatic N) is 2. The van der Waals surface area contributed by atoms with E-state index in [4.69, 9.17) is 0 Å². The smallest absolute Gasteiger partial charge is 0.305 e. The molecule has 3 N–H and O–H groups in total. The topological polar surface area (TPSA) is 144 Å². The average molecular weight is 620 g/mol. The van der Waals surface area contributed by atoms with E-state index in [0.717, 1.165) is 21.0 Å². The minimum Gasteiger partial charge on any atom is -0.508 e. The molecule has 0 aromatic heterocycles. The highest BCUT2D eigenvalue weighted by molar-refractivity contribution is 6.13. The molecule has 0 radical (unpaired) electrons. The van der Waals surface area contributed by atoms with E-state index in [1.807, 2.05) is 61.5 Å². The number of phenolic OH excluding ortho intramolecular Hbond substituents is 1. The van der Waals surface area contributed by atoms with E-state index < -0.39 is 64.6 Å². The maximum Gasteiger partial charge on any atom is 0.305 e. The minimum atomic E-state index is -1.42. The highest BCUT2D eigenvalue weighted by atomic mass is 16.4. The summed E-state index contributed by atoms with van der Waals surface area (Å²) in [6.07, 6.45) is 1.95. The van der Waals surface area contributed by atoms with Crippen molar-refractivity contribution in [2.75, 3.05) is 12.0 Å². The van der Waals surface area contributed by atoms with Gasteiger partial charge in [-0.1, -0.05) is 71.8 Å². The van der Waals surface area contributed by atoms with E-state index in [9.17, 15) is 29.4 Å². The van der Waals surface area contributed by atoms with Crippen LogP contribution in [0.15, 0.2) is 90.5 Å². The van der Waals surface area contributed by atoms with Crippen LogP contribution in [0.1, 0.15) is 41.9 Å². The normalized spacial score (nSPS) is 28.5. The standard InChI is InChI=1S/C36H33N3O7/c1-20-10-12-23(13-11-20)37-39-33(44)28-19-27-25(14-15-26-30(27)34(45)38(32(26)43)17-16-29(41)42)31(21-6-5-9-24(40)18-21)36(28,35(39)46)22-7-3-2-4-8-22/h2-14,18,26-28,30-31,37,40H,15-17,19H2,1H3,(H,41,42)/t26-,27+,28-,30-,31-,36+/m0/s1. The van der Waals surface area contributed by atoms with Gasteiger partial charge < -0.3 is 10.2 Å². The number of carbonyl (C=O) groups is 5. The molecule has 4 amide bonds. The van der Waals surface area contributed by atoms with Gasteiger partial charge in [-0.05, 0) is 61.1 Å². The van der Waals surface area contributed by atoms with Gasteiger partial charge in [-0.2, -0.15) is 5.01 Å². The highest BCUT2D eigenvalue weighted by Crippen LogP contribution is 2.64. The van der Waals surface area contributed by atoms with Crippen LogP contribution in [0.25, 0.3) is 0 Å². The Morgan fingerprint density at radius 1 is 0.913 bits per heavy atom. The van der Waals surface area contributed by atoms with Crippen molar-refractivity contribution in [1.82, 2.24) is 9.91 Å². The molecule has 10 heteroatoms. The van der Waals surface area contributed by atoms with Gasteiger partial charge in [-0.15, -0.1) is 0 Å². The number of benzene rings is 3. The van der Waals surface area contributed by atoms with E-state index >= 15 is 4.79 Å². The fourth-order valence-electron chi connectivity index (χ4n) is 8.32. The third-order valence-electron chi connectivity index (χ3n) is 10.2. The van der Waals surface area contributed by atoms with E-state index in [1.54, 1.807) is 24.3 Å². The Hall–Kier alpha value is -5.25. The summed E-state index contributed by atoms with van der Waals surface area (Å²) in [4.78, 5) is 69.3. The number of aryl methyl sites for hydroxylation is 1. The van der Waals surface area contributed by atoms with Crippen molar-refractivity contribution >= 4 is 35.3 Å². The van der Waals surface area contributed by atoms with Gasteiger partial charge >= 0.3 is 5.97 Å². The van der Waals surface area contributed by atoms with E-state index in [-0.39, 0.29) is 31.6 Å². The third-order valence-corrected chi connectivity index (χ3v) is 10.2. The van der Waals surface area contributed by atoms with E-state index in [0.29, 0.717) is 16.8 Å². The number of allylic oxidation sites excluding steroid dienone is 2. The Labute approximate surface area is 265 Å². The molecule has 0 unspecified atom stereocenters. The average Bonchev–Trinajstić information content (AvgIpc) is 3.42. The number of carboxylic acids is 1. The number of carboxylic acid groups (broad SMARTS) is 1. The number of anilines is 1. The molecule has 2 aliphatic carbocycles. The van der Waals surface area contributed by atoms with Crippen molar-refractivity contribution in [3.8, 4) is 5.75 Å². The summed E-state index contributed by atoms with van der Waals surface area (Å²) < 4.78 is 0. The summed E-state index contributed by atoms with van der Waals surface area (Å²) >= 11 is 0. The number of hydrazine groups is 1. The monoisotopic (exact) mass is 619 g/mol. The molecule has 2 aliphatic heterocycles. The van der Waals surface area contributed by atoms with Crippen LogP contribution in [0.4, 0.5) is 5.69 Å². The number of imide groups is 2. The molecule has 0 spiro atoms. The van der Waals surface area contributed by atoms with Crippen LogP contribution in [0.5, 0.6) is 5.75 Å². The molecule has 234 valence electrons. The maximum atomic E-state index is 15.0. The number of aliphatic carboxylic acids is 1. The van der Waals surface area contributed by atoms with Gasteiger partial charge in [-0.25, -0.2) is 0 Å². The van der Waals surface area contributed by atoms with Crippen LogP contribution < -0.4 is 5.43 Å². The second-order valence-electron chi connectivity index (χ2n) is 12.7. The van der Waals surface area contributed by atoms with Crippen LogP contribution in [0.3, 0.4) is 0 Å². The van der Waals surface area contributed by atoms with Crippen LogP contribution in [0, 0.1) is 30.6 Å². The van der Waals surface area contributed by atoms with Crippen molar-refractivity contribution in [1.29, 1.82) is 0 Å². The number of likely N-dealkylation sites (tertiary alicyclic amines) is 1. The first-order chi connectivity index (χ1) is 22.1. The fraction of sp³-hybridized carbons (Fsp3) is 0.306. The van der Waals surface area contributed by atoms with Crippen LogP contribution in [-0.4, -0.2) is 56.3 Å². The van der Waals surface area contributed by atoms with Crippen molar-refractivity contribution in [2.45, 2.75) is 37.5 Å². The predicted molar refractivity (Wildman–Crippen MR) is 166 cm³/mol. The second-order valence-corrected chi connectivity index (χ2v) is 12.7. The maximum absolute atomic E-state index is 15.0. The first kappa shape index (κ1) is 29.5. The minimum absolute atomic E-state index is 0.00736. The summed E-state index contributed by atoms with van der Waals surface area (Å²) in [6.45, 7) is 1.72. The summed E-state index contributed by atoms with van der Waals surface area (Å²) in [6, 6.07) is 23.1. The van der Waals surface area contributed by atoms with E-state index in [2.05, 4.69) is 5.43 Å². The zero-order valence-electron chi connectivity index (χ0n) is 25.1. The van der Waals surface area contributed by atoms with Crippen molar-refractivity contribution in [2.24, 2.45) is 23.7 Å². The number of nitrogens with one attached hydrogen (secondary N) is 1. The lowest BCUT2D eigenvalue weighted by molar-refractivity contribution is -0.143. The largest absolute Gasteiger partial charge is 0.508 e. The summed E-state index contributed by atoms with van der Waals surface area (Å²) in [5.74, 6) is -6.55. The highest BCUT2D eigenvalue weighted by Gasteiger charge is 2.70. The number of phenols is 1. The van der Waals surface area contributed by atoms with Crippen molar-refractivity contribution in [3.63, 3.8) is 0 Å². The summed E-state index contributed by atoms with van der Waals surface area (Å²) in [5, 5.41) is 21.0. The van der Waals surface area contributed by atoms with Gasteiger partial charge in [0.15, 0.2) is 0 Å². The van der Waals surface area contributed by atoms with Gasteiger partial charge in [0.1, 0.15) is 5.75 Å². The lowest BCUT2D eigenvalue weighted by atomic mass is 9.49. The molecule has 0 bridgehead atoms. The number of rotatable bonds is 7. The SMILES string of the molecule is Cc1ccc(NN2C(=O)[C@@H]3C[C@@H]4C(=CC[C@@H]5C(=O)N(CCC(=O)O)C(=O)[C@@H]54)[C@H](c4cccc(O)c4)[C@]3(c3ccccc3)C2=O)cc1. The van der Waals surface area contributed by atoms with Crippen molar-refractivity contribution in [3.05, 3.63) is 107 Å². The molecular formula is C36H33N3O7. The Bertz CT molecular complexity index is 1800. The van der Waals surface area contributed by atoms with Gasteiger partial charge in [-0.3, -0.25) is 34.3 Å². The quantitative estimate of drug-likeness (QED) is 0.264. The molecule has 4 aliphatic rings. The van der Waals surface area contributed by atoms with Gasteiger partial charge in [0.05, 0.1) is 35.3 Å². The molecule has 1 saturated carbocycles. The van der Waals surface area contributed by atoms with Crippen molar-refractivity contribution < 1.29 is 34.2 Å². The van der Waals surface area contributed by atoms with Crippen LogP contribution in [-0.2, 0) is 29.4 Å². The molecule has 46 heavy (non-hydrogen) atoms. The lowest BCUT2D eigenvalue weighted by Gasteiger charge is -2.50. The Kier molecular flexibility index (Phi) is 7.03. The molecule has 2 saturated heterocycles. The number of carbonyl (C=O) groups excluding carboxylic acids is 4. The molecular weight excluding hydrogens is 586 g/mol. The molecule has 7 rings (SSSR count). The van der Waals surface area contributed by atoms with Gasteiger partial charge in [0.2, 0.25) is 11.8 Å². The fourth-order valence-corrected chi connectivity index (χ4v) is 8.32. The Balaban J connectivity index is 1.41. The number of aromatic hydroxyl groups is 1. The Morgan fingerprint density at radius 2 is 1.65 bits per heavy atom. The zero-order chi connectivity index (χ0) is 32.3. The second kappa shape index (κ2) is 11.0. The van der Waals surface area contributed by atoms with Crippen LogP contribution >= 0.6 is 0 Å². The number of hydrogen-bond donors (Lipinski definition) is 3. The molecule has 3 fully saturated rings. The van der Waals surface area contributed by atoms with Crippen LogP contribution in [0.2, 0.25) is 0 Å². The molecule has 10 nitrogen and oxygen atoms in total.